The SMILES string of the molecule is COc1ccc(N=Cc2c(O)n(CCc3ccc(OC)c(OC)c3)c(=O)[nH]c2=O)c(OC)c1. The summed E-state index contributed by atoms with van der Waals surface area (Å²) in [6.07, 6.45) is 1.58. The summed E-state index contributed by atoms with van der Waals surface area (Å²) in [5, 5.41) is 10.7. The standard InChI is InChI=1S/C23H25N3O7/c1-30-15-6-7-17(19(12-15)32-3)24-13-16-21(27)25-23(29)26(22(16)28)10-9-14-5-8-18(31-2)20(11-14)33-4/h5-8,11-13,28H,9-10H2,1-4H3,(H,25,27,29). The predicted octanol–water partition coefficient (Wildman–Crippen LogP) is 2.27. The first-order valence-corrected chi connectivity index (χ1v) is 9.94. The maximum atomic E-state index is 12.3. The van der Waals surface area contributed by atoms with Crippen LogP contribution in [0.2, 0.25) is 0 Å². The number of aromatic nitrogens is 2. The lowest BCUT2D eigenvalue weighted by molar-refractivity contribution is 0.354. The Labute approximate surface area is 189 Å². The molecule has 0 bridgehead atoms. The van der Waals surface area contributed by atoms with Crippen molar-refractivity contribution in [3.8, 4) is 28.9 Å². The van der Waals surface area contributed by atoms with Crippen LogP contribution in [0, 0.1) is 0 Å². The van der Waals surface area contributed by atoms with Crippen LogP contribution in [-0.2, 0) is 13.0 Å². The van der Waals surface area contributed by atoms with Crippen molar-refractivity contribution in [2.75, 3.05) is 28.4 Å². The fourth-order valence-electron chi connectivity index (χ4n) is 3.20. The number of hydrogen-bond donors (Lipinski definition) is 2. The Morgan fingerprint density at radius 3 is 2.33 bits per heavy atom. The van der Waals surface area contributed by atoms with E-state index in [2.05, 4.69) is 9.98 Å². The minimum atomic E-state index is -0.754. The van der Waals surface area contributed by atoms with E-state index in [9.17, 15) is 14.7 Å². The molecule has 2 N–H and O–H groups in total. The Hall–Kier alpha value is -4.21. The average Bonchev–Trinajstić information content (AvgIpc) is 2.83. The highest BCUT2D eigenvalue weighted by Gasteiger charge is 2.14. The molecule has 3 rings (SSSR count). The van der Waals surface area contributed by atoms with Gasteiger partial charge < -0.3 is 24.1 Å². The molecule has 10 heteroatoms. The minimum Gasteiger partial charge on any atom is -0.497 e. The summed E-state index contributed by atoms with van der Waals surface area (Å²) >= 11 is 0. The molecule has 0 fully saturated rings. The summed E-state index contributed by atoms with van der Waals surface area (Å²) < 4.78 is 22.0. The second kappa shape index (κ2) is 10.4. The summed E-state index contributed by atoms with van der Waals surface area (Å²) in [5.74, 6) is 1.64. The van der Waals surface area contributed by atoms with Gasteiger partial charge in [-0.3, -0.25) is 19.3 Å². The van der Waals surface area contributed by atoms with Crippen molar-refractivity contribution in [2.45, 2.75) is 13.0 Å². The zero-order chi connectivity index (χ0) is 24.0. The normalized spacial score (nSPS) is 10.9. The van der Waals surface area contributed by atoms with Crippen molar-refractivity contribution < 1.29 is 24.1 Å². The van der Waals surface area contributed by atoms with Crippen molar-refractivity contribution in [3.63, 3.8) is 0 Å². The topological polar surface area (TPSA) is 124 Å². The first kappa shape index (κ1) is 23.5. The average molecular weight is 455 g/mol. The van der Waals surface area contributed by atoms with Gasteiger partial charge in [0.1, 0.15) is 22.7 Å². The van der Waals surface area contributed by atoms with Gasteiger partial charge in [-0.25, -0.2) is 4.79 Å². The van der Waals surface area contributed by atoms with Gasteiger partial charge in [0, 0.05) is 18.8 Å². The van der Waals surface area contributed by atoms with Gasteiger partial charge in [0.2, 0.25) is 5.88 Å². The van der Waals surface area contributed by atoms with E-state index in [0.29, 0.717) is 35.1 Å². The zero-order valence-corrected chi connectivity index (χ0v) is 18.7. The number of methoxy groups -OCH3 is 4. The molecule has 10 nitrogen and oxygen atoms in total. The molecule has 2 aromatic carbocycles. The first-order valence-electron chi connectivity index (χ1n) is 9.94. The van der Waals surface area contributed by atoms with Crippen LogP contribution in [0.25, 0.3) is 0 Å². The Bertz CT molecular complexity index is 1280. The molecule has 0 aliphatic rings. The fraction of sp³-hybridized carbons (Fsp3) is 0.261. The van der Waals surface area contributed by atoms with Crippen LogP contribution in [-0.4, -0.2) is 49.3 Å². The molecule has 33 heavy (non-hydrogen) atoms. The molecular formula is C23H25N3O7. The number of nitrogens with one attached hydrogen (secondary N) is 1. The highest BCUT2D eigenvalue weighted by molar-refractivity contribution is 5.84. The smallest absolute Gasteiger partial charge is 0.331 e. The maximum absolute atomic E-state index is 12.3. The van der Waals surface area contributed by atoms with E-state index in [-0.39, 0.29) is 12.1 Å². The monoisotopic (exact) mass is 455 g/mol. The van der Waals surface area contributed by atoms with Crippen LogP contribution in [0.15, 0.2) is 51.0 Å². The van der Waals surface area contributed by atoms with Crippen molar-refractivity contribution in [1.82, 2.24) is 9.55 Å². The van der Waals surface area contributed by atoms with Gasteiger partial charge in [0.15, 0.2) is 11.5 Å². The third-order valence-electron chi connectivity index (χ3n) is 5.00. The number of aryl methyl sites for hydroxylation is 1. The summed E-state index contributed by atoms with van der Waals surface area (Å²) in [7, 11) is 6.08. The third-order valence-corrected chi connectivity index (χ3v) is 5.00. The van der Waals surface area contributed by atoms with E-state index < -0.39 is 17.1 Å². The van der Waals surface area contributed by atoms with Crippen LogP contribution in [0.4, 0.5) is 5.69 Å². The summed E-state index contributed by atoms with van der Waals surface area (Å²) in [4.78, 5) is 31.1. The molecule has 0 radical (unpaired) electrons. The van der Waals surface area contributed by atoms with E-state index in [4.69, 9.17) is 18.9 Å². The minimum absolute atomic E-state index is 0.115. The van der Waals surface area contributed by atoms with Crippen molar-refractivity contribution in [2.24, 2.45) is 4.99 Å². The number of hydrogen-bond acceptors (Lipinski definition) is 8. The van der Waals surface area contributed by atoms with Gasteiger partial charge in [-0.1, -0.05) is 6.07 Å². The largest absolute Gasteiger partial charge is 0.497 e. The quantitative estimate of drug-likeness (QED) is 0.474. The van der Waals surface area contributed by atoms with Crippen molar-refractivity contribution >= 4 is 11.9 Å². The molecule has 0 unspecified atom stereocenters. The van der Waals surface area contributed by atoms with E-state index in [1.807, 2.05) is 6.07 Å². The lowest BCUT2D eigenvalue weighted by Gasteiger charge is -2.12. The van der Waals surface area contributed by atoms with Gasteiger partial charge in [-0.15, -0.1) is 0 Å². The molecule has 174 valence electrons. The van der Waals surface area contributed by atoms with Crippen LogP contribution >= 0.6 is 0 Å². The van der Waals surface area contributed by atoms with E-state index in [1.54, 1.807) is 37.4 Å². The second-order valence-corrected chi connectivity index (χ2v) is 6.88. The van der Waals surface area contributed by atoms with E-state index >= 15 is 0 Å². The maximum Gasteiger partial charge on any atom is 0.331 e. The molecule has 0 spiro atoms. The Morgan fingerprint density at radius 1 is 0.939 bits per heavy atom. The van der Waals surface area contributed by atoms with Gasteiger partial charge in [-0.2, -0.15) is 0 Å². The lowest BCUT2D eigenvalue weighted by Crippen LogP contribution is -2.32. The predicted molar refractivity (Wildman–Crippen MR) is 123 cm³/mol. The van der Waals surface area contributed by atoms with Crippen molar-refractivity contribution in [1.29, 1.82) is 0 Å². The number of aliphatic imine (C=N–C) groups is 1. The molecule has 0 aliphatic heterocycles. The zero-order valence-electron chi connectivity index (χ0n) is 18.7. The molecule has 0 aliphatic carbocycles. The van der Waals surface area contributed by atoms with Gasteiger partial charge in [0.25, 0.3) is 5.56 Å². The van der Waals surface area contributed by atoms with Crippen LogP contribution in [0.5, 0.6) is 28.9 Å². The fourth-order valence-corrected chi connectivity index (χ4v) is 3.20. The molecule has 1 aromatic heterocycles. The number of aromatic amines is 1. The molecule has 1 heterocycles. The molecule has 0 saturated carbocycles. The first-order chi connectivity index (χ1) is 15.9. The number of rotatable bonds is 9. The van der Waals surface area contributed by atoms with E-state index in [0.717, 1.165) is 10.1 Å². The number of H-pyrrole nitrogens is 1. The molecule has 0 saturated heterocycles. The van der Waals surface area contributed by atoms with E-state index in [1.165, 1.54) is 27.5 Å². The van der Waals surface area contributed by atoms with Gasteiger partial charge >= 0.3 is 5.69 Å². The van der Waals surface area contributed by atoms with Crippen molar-refractivity contribution in [3.05, 3.63) is 68.4 Å². The number of ether oxygens (including phenoxy) is 4. The molecule has 0 amide bonds. The second-order valence-electron chi connectivity index (χ2n) is 6.88. The Morgan fingerprint density at radius 2 is 1.67 bits per heavy atom. The number of aromatic hydroxyl groups is 1. The summed E-state index contributed by atoms with van der Waals surface area (Å²) in [5.41, 5.74) is -0.364. The highest BCUT2D eigenvalue weighted by Crippen LogP contribution is 2.31. The third kappa shape index (κ3) is 5.17. The summed E-state index contributed by atoms with van der Waals surface area (Å²) in [6.45, 7) is 0.115. The summed E-state index contributed by atoms with van der Waals surface area (Å²) in [6, 6.07) is 10.3. The van der Waals surface area contributed by atoms with Crippen LogP contribution in [0.3, 0.4) is 0 Å². The number of nitrogens with zero attached hydrogens (tertiary/aromatic N) is 2. The molecule has 0 atom stereocenters. The Balaban J connectivity index is 1.90. The van der Waals surface area contributed by atoms with Gasteiger partial charge in [-0.05, 0) is 36.2 Å². The van der Waals surface area contributed by atoms with Gasteiger partial charge in [0.05, 0.1) is 28.4 Å². The molecular weight excluding hydrogens is 430 g/mol. The Kier molecular flexibility index (Phi) is 7.39. The van der Waals surface area contributed by atoms with Crippen LogP contribution < -0.4 is 30.2 Å². The highest BCUT2D eigenvalue weighted by atomic mass is 16.5. The molecule has 3 aromatic rings. The number of benzene rings is 2. The van der Waals surface area contributed by atoms with Crippen LogP contribution in [0.1, 0.15) is 11.1 Å². The lowest BCUT2D eigenvalue weighted by atomic mass is 10.1.